The summed E-state index contributed by atoms with van der Waals surface area (Å²) in [6, 6.07) is 6.62. The van der Waals surface area contributed by atoms with Gasteiger partial charge in [0.1, 0.15) is 6.04 Å². The number of hydrogen-bond acceptors (Lipinski definition) is 2. The minimum absolute atomic E-state index is 0.190. The molecule has 0 fully saturated rings. The average Bonchev–Trinajstić information content (AvgIpc) is 2.73. The number of H-pyrrole nitrogens is 1. The van der Waals surface area contributed by atoms with E-state index < -0.39 is 12.0 Å². The quantitative estimate of drug-likeness (QED) is 0.791. The Labute approximate surface area is 123 Å². The zero-order valence-electron chi connectivity index (χ0n) is 12.4. The van der Waals surface area contributed by atoms with Crippen molar-refractivity contribution in [3.05, 3.63) is 35.5 Å². The van der Waals surface area contributed by atoms with Gasteiger partial charge in [-0.2, -0.15) is 0 Å². The summed E-state index contributed by atoms with van der Waals surface area (Å²) in [5.74, 6) is -1.16. The molecule has 0 aliphatic carbocycles. The maximum absolute atomic E-state index is 12.4. The molecule has 3 N–H and O–H groups in total. The highest BCUT2D eigenvalue weighted by Gasteiger charge is 2.24. The van der Waals surface area contributed by atoms with Gasteiger partial charge in [-0.3, -0.25) is 4.79 Å². The first-order chi connectivity index (χ1) is 9.90. The van der Waals surface area contributed by atoms with E-state index in [1.54, 1.807) is 0 Å². The fraction of sp³-hybridized carbons (Fsp3) is 0.375. The third kappa shape index (κ3) is 3.24. The molecule has 1 aromatic carbocycles. The summed E-state index contributed by atoms with van der Waals surface area (Å²) < 4.78 is 0. The van der Waals surface area contributed by atoms with Crippen molar-refractivity contribution in [1.82, 2.24) is 10.3 Å². The number of para-hydroxylation sites is 1. The highest BCUT2D eigenvalue weighted by atomic mass is 16.4. The van der Waals surface area contributed by atoms with Crippen LogP contribution in [0.25, 0.3) is 10.9 Å². The van der Waals surface area contributed by atoms with Gasteiger partial charge in [-0.25, -0.2) is 4.79 Å². The van der Waals surface area contributed by atoms with E-state index >= 15 is 0 Å². The van der Waals surface area contributed by atoms with Gasteiger partial charge in [0.05, 0.1) is 5.56 Å². The largest absolute Gasteiger partial charge is 0.480 e. The average molecular weight is 288 g/mol. The minimum atomic E-state index is -1.01. The number of amides is 1. The monoisotopic (exact) mass is 288 g/mol. The molecule has 21 heavy (non-hydrogen) atoms. The lowest BCUT2D eigenvalue weighted by molar-refractivity contribution is -0.139. The molecule has 0 radical (unpaired) electrons. The second-order valence-electron chi connectivity index (χ2n) is 5.66. The van der Waals surface area contributed by atoms with E-state index in [4.69, 9.17) is 0 Å². The topological polar surface area (TPSA) is 82.2 Å². The number of aliphatic carboxylic acids is 1. The predicted octanol–water partition coefficient (Wildman–Crippen LogP) is 2.71. The molecule has 1 unspecified atom stereocenters. The Morgan fingerprint density at radius 2 is 1.95 bits per heavy atom. The molecule has 1 aromatic heterocycles. The lowest BCUT2D eigenvalue weighted by atomic mass is 10.0. The molecule has 1 heterocycles. The van der Waals surface area contributed by atoms with Crippen molar-refractivity contribution in [2.24, 2.45) is 5.92 Å². The van der Waals surface area contributed by atoms with Gasteiger partial charge in [0.15, 0.2) is 0 Å². The number of aromatic amines is 1. The van der Waals surface area contributed by atoms with Crippen LogP contribution >= 0.6 is 0 Å². The van der Waals surface area contributed by atoms with Crippen molar-refractivity contribution in [2.75, 3.05) is 0 Å². The van der Waals surface area contributed by atoms with Crippen LogP contribution in [0, 0.1) is 12.8 Å². The third-order valence-electron chi connectivity index (χ3n) is 3.43. The van der Waals surface area contributed by atoms with Gasteiger partial charge >= 0.3 is 5.97 Å². The zero-order valence-corrected chi connectivity index (χ0v) is 12.4. The van der Waals surface area contributed by atoms with E-state index in [1.165, 1.54) is 0 Å². The van der Waals surface area contributed by atoms with Crippen molar-refractivity contribution in [2.45, 2.75) is 33.2 Å². The molecule has 0 aliphatic rings. The Morgan fingerprint density at radius 1 is 1.29 bits per heavy atom. The fourth-order valence-corrected chi connectivity index (χ4v) is 2.49. The van der Waals surface area contributed by atoms with Crippen LogP contribution in [0.1, 0.15) is 36.3 Å². The van der Waals surface area contributed by atoms with E-state index in [0.717, 1.165) is 16.6 Å². The van der Waals surface area contributed by atoms with Crippen LogP contribution in [0.2, 0.25) is 0 Å². The van der Waals surface area contributed by atoms with Crippen LogP contribution in [0.5, 0.6) is 0 Å². The van der Waals surface area contributed by atoms with Crippen LogP contribution in [0.3, 0.4) is 0 Å². The van der Waals surface area contributed by atoms with E-state index in [9.17, 15) is 14.7 Å². The Balaban J connectivity index is 2.29. The van der Waals surface area contributed by atoms with Crippen molar-refractivity contribution < 1.29 is 14.7 Å². The molecule has 5 nitrogen and oxygen atoms in total. The summed E-state index contributed by atoms with van der Waals surface area (Å²) in [6.07, 6.45) is 0.405. The van der Waals surface area contributed by atoms with Crippen LogP contribution in [0.4, 0.5) is 0 Å². The summed E-state index contributed by atoms with van der Waals surface area (Å²) in [7, 11) is 0. The van der Waals surface area contributed by atoms with Crippen molar-refractivity contribution >= 4 is 22.8 Å². The van der Waals surface area contributed by atoms with Crippen molar-refractivity contribution in [3.8, 4) is 0 Å². The number of fused-ring (bicyclic) bond motifs is 1. The maximum Gasteiger partial charge on any atom is 0.326 e. The molecule has 5 heteroatoms. The van der Waals surface area contributed by atoms with Gasteiger partial charge in [0, 0.05) is 16.6 Å². The number of rotatable bonds is 5. The Bertz CT molecular complexity index is 673. The lowest BCUT2D eigenvalue weighted by Crippen LogP contribution is -2.41. The minimum Gasteiger partial charge on any atom is -0.480 e. The third-order valence-corrected chi connectivity index (χ3v) is 3.43. The number of carboxylic acids is 1. The van der Waals surface area contributed by atoms with Gasteiger partial charge < -0.3 is 15.4 Å². The second-order valence-corrected chi connectivity index (χ2v) is 5.66. The van der Waals surface area contributed by atoms with Gasteiger partial charge in [-0.05, 0) is 25.3 Å². The van der Waals surface area contributed by atoms with Crippen LogP contribution in [-0.4, -0.2) is 28.0 Å². The van der Waals surface area contributed by atoms with Crippen molar-refractivity contribution in [1.29, 1.82) is 0 Å². The molecule has 2 rings (SSSR count). The fourth-order valence-electron chi connectivity index (χ4n) is 2.49. The lowest BCUT2D eigenvalue weighted by Gasteiger charge is -2.16. The molecular weight excluding hydrogens is 268 g/mol. The summed E-state index contributed by atoms with van der Waals surface area (Å²) in [5.41, 5.74) is 2.12. The molecular formula is C16H20N2O3. The first kappa shape index (κ1) is 15.1. The number of benzene rings is 1. The SMILES string of the molecule is Cc1[nH]c2ccccc2c1C(=O)NC(CC(C)C)C(=O)O. The molecule has 0 saturated heterocycles. The van der Waals surface area contributed by atoms with Crippen LogP contribution in [-0.2, 0) is 4.79 Å². The second kappa shape index (κ2) is 5.99. The molecule has 0 spiro atoms. The van der Waals surface area contributed by atoms with Gasteiger partial charge in [-0.15, -0.1) is 0 Å². The maximum atomic E-state index is 12.4. The molecule has 1 amide bonds. The smallest absolute Gasteiger partial charge is 0.326 e. The number of nitrogens with one attached hydrogen (secondary N) is 2. The summed E-state index contributed by atoms with van der Waals surface area (Å²) >= 11 is 0. The Morgan fingerprint density at radius 3 is 2.57 bits per heavy atom. The number of aryl methyl sites for hydroxylation is 1. The van der Waals surface area contributed by atoms with Gasteiger partial charge in [0.2, 0.25) is 0 Å². The Hall–Kier alpha value is -2.30. The van der Waals surface area contributed by atoms with Crippen LogP contribution < -0.4 is 5.32 Å². The van der Waals surface area contributed by atoms with Gasteiger partial charge in [0.25, 0.3) is 5.91 Å². The molecule has 0 saturated carbocycles. The predicted molar refractivity (Wildman–Crippen MR) is 81.4 cm³/mol. The molecule has 0 aliphatic heterocycles. The zero-order chi connectivity index (χ0) is 15.6. The number of aromatic nitrogens is 1. The number of hydrogen-bond donors (Lipinski definition) is 3. The summed E-state index contributed by atoms with van der Waals surface area (Å²) in [4.78, 5) is 26.9. The van der Waals surface area contributed by atoms with E-state index in [2.05, 4.69) is 10.3 Å². The standard InChI is InChI=1S/C16H20N2O3/c1-9(2)8-13(16(20)21)18-15(19)14-10(3)17-12-7-5-4-6-11(12)14/h4-7,9,13,17H,8H2,1-3H3,(H,18,19)(H,20,21). The van der Waals surface area contributed by atoms with Gasteiger partial charge in [-0.1, -0.05) is 32.0 Å². The van der Waals surface area contributed by atoms with Crippen molar-refractivity contribution in [3.63, 3.8) is 0 Å². The Kier molecular flexibility index (Phi) is 4.31. The first-order valence-electron chi connectivity index (χ1n) is 7.01. The molecule has 112 valence electrons. The number of carboxylic acid groups (broad SMARTS) is 1. The number of carbonyl (C=O) groups excluding carboxylic acids is 1. The van der Waals surface area contributed by atoms with Crippen LogP contribution in [0.15, 0.2) is 24.3 Å². The number of carbonyl (C=O) groups is 2. The molecule has 0 bridgehead atoms. The van der Waals surface area contributed by atoms with E-state index in [-0.39, 0.29) is 11.8 Å². The highest BCUT2D eigenvalue weighted by molar-refractivity contribution is 6.08. The highest BCUT2D eigenvalue weighted by Crippen LogP contribution is 2.22. The molecule has 1 atom stereocenters. The molecule has 2 aromatic rings. The van der Waals surface area contributed by atoms with E-state index in [1.807, 2.05) is 45.0 Å². The summed E-state index contributed by atoms with van der Waals surface area (Å²) in [6.45, 7) is 5.67. The van der Waals surface area contributed by atoms with E-state index in [0.29, 0.717) is 12.0 Å². The summed E-state index contributed by atoms with van der Waals surface area (Å²) in [5, 5.41) is 12.7. The first-order valence-corrected chi connectivity index (χ1v) is 7.01. The normalized spacial score (nSPS) is 12.6.